The van der Waals surface area contributed by atoms with Crippen LogP contribution in [-0.4, -0.2) is 24.4 Å². The normalized spacial score (nSPS) is 16.7. The second-order valence-corrected chi connectivity index (χ2v) is 5.57. The molecule has 0 unspecified atom stereocenters. The van der Waals surface area contributed by atoms with Gasteiger partial charge in [0.15, 0.2) is 0 Å². The highest BCUT2D eigenvalue weighted by molar-refractivity contribution is 5.87. The van der Waals surface area contributed by atoms with E-state index in [4.69, 9.17) is 0 Å². The van der Waals surface area contributed by atoms with E-state index in [1.165, 1.54) is 31.8 Å². The molecule has 1 aliphatic carbocycles. The molecule has 2 N–H and O–H groups in total. The van der Waals surface area contributed by atoms with Crippen LogP contribution in [0.15, 0.2) is 11.6 Å². The highest BCUT2D eigenvalue weighted by Gasteiger charge is 2.22. The third-order valence-electron chi connectivity index (χ3n) is 3.44. The smallest absolute Gasteiger partial charge is 0.242 e. The maximum atomic E-state index is 12.0. The van der Waals surface area contributed by atoms with Crippen LogP contribution in [0.1, 0.15) is 52.9 Å². The molecule has 0 saturated carbocycles. The Morgan fingerprint density at radius 1 is 1.32 bits per heavy atom. The molecule has 0 heterocycles. The van der Waals surface area contributed by atoms with Crippen LogP contribution in [0.5, 0.6) is 0 Å². The van der Waals surface area contributed by atoms with Crippen molar-refractivity contribution in [2.24, 2.45) is 5.92 Å². The van der Waals surface area contributed by atoms with Crippen LogP contribution < -0.4 is 10.6 Å². The lowest BCUT2D eigenvalue weighted by Crippen LogP contribution is -2.49. The van der Waals surface area contributed by atoms with E-state index in [-0.39, 0.29) is 17.7 Å². The highest BCUT2D eigenvalue weighted by Crippen LogP contribution is 2.19. The van der Waals surface area contributed by atoms with Crippen molar-refractivity contribution in [1.29, 1.82) is 0 Å². The van der Waals surface area contributed by atoms with Gasteiger partial charge < -0.3 is 10.6 Å². The molecule has 4 heteroatoms. The number of hydrogen-bond donors (Lipinski definition) is 2. The van der Waals surface area contributed by atoms with Gasteiger partial charge in [0.25, 0.3) is 0 Å². The molecule has 1 aliphatic rings. The Labute approximate surface area is 116 Å². The van der Waals surface area contributed by atoms with E-state index >= 15 is 0 Å². The van der Waals surface area contributed by atoms with Crippen LogP contribution in [0.4, 0.5) is 0 Å². The molecular weight excluding hydrogens is 240 g/mol. The molecule has 0 aromatic heterocycles. The van der Waals surface area contributed by atoms with E-state index in [0.29, 0.717) is 6.54 Å². The Morgan fingerprint density at radius 3 is 2.58 bits per heavy atom. The standard InChI is InChI=1S/C15H26N2O2/c1-11(2)14(17-12(3)18)15(19)16-10-9-13-7-5-4-6-8-13/h7,11,14H,4-6,8-10H2,1-3H3,(H,16,19)(H,17,18)/t14-/m1/s1. The monoisotopic (exact) mass is 266 g/mol. The summed E-state index contributed by atoms with van der Waals surface area (Å²) in [6.45, 7) is 5.97. The third-order valence-corrected chi connectivity index (χ3v) is 3.44. The van der Waals surface area contributed by atoms with Gasteiger partial charge in [0.2, 0.25) is 11.8 Å². The number of rotatable bonds is 6. The largest absolute Gasteiger partial charge is 0.354 e. The molecule has 0 bridgehead atoms. The van der Waals surface area contributed by atoms with Crippen molar-refractivity contribution < 1.29 is 9.59 Å². The SMILES string of the molecule is CC(=O)N[C@@H](C(=O)NCCC1=CCCCC1)C(C)C. The van der Waals surface area contributed by atoms with E-state index in [1.807, 2.05) is 13.8 Å². The van der Waals surface area contributed by atoms with Gasteiger partial charge in [-0.2, -0.15) is 0 Å². The molecule has 0 aliphatic heterocycles. The van der Waals surface area contributed by atoms with Gasteiger partial charge in [0.05, 0.1) is 0 Å². The molecule has 1 atom stereocenters. The summed E-state index contributed by atoms with van der Waals surface area (Å²) in [5, 5.41) is 5.62. The molecule has 4 nitrogen and oxygen atoms in total. The molecule has 0 radical (unpaired) electrons. The van der Waals surface area contributed by atoms with Gasteiger partial charge in [-0.05, 0) is 38.0 Å². The second kappa shape index (κ2) is 7.97. The third kappa shape index (κ3) is 5.90. The fourth-order valence-corrected chi connectivity index (χ4v) is 2.34. The van der Waals surface area contributed by atoms with Crippen molar-refractivity contribution in [3.8, 4) is 0 Å². The lowest BCUT2D eigenvalue weighted by molar-refractivity contribution is -0.129. The summed E-state index contributed by atoms with van der Waals surface area (Å²) >= 11 is 0. The number of nitrogens with one attached hydrogen (secondary N) is 2. The van der Waals surface area contributed by atoms with Crippen molar-refractivity contribution in [2.45, 2.75) is 58.9 Å². The zero-order valence-electron chi connectivity index (χ0n) is 12.3. The number of allylic oxidation sites excluding steroid dienone is 1. The minimum atomic E-state index is -0.433. The minimum absolute atomic E-state index is 0.0818. The second-order valence-electron chi connectivity index (χ2n) is 5.57. The molecule has 2 amide bonds. The van der Waals surface area contributed by atoms with E-state index < -0.39 is 6.04 Å². The van der Waals surface area contributed by atoms with Crippen LogP contribution >= 0.6 is 0 Å². The van der Waals surface area contributed by atoms with E-state index in [2.05, 4.69) is 16.7 Å². The number of carbonyl (C=O) groups excluding carboxylic acids is 2. The van der Waals surface area contributed by atoms with E-state index in [9.17, 15) is 9.59 Å². The predicted molar refractivity (Wildman–Crippen MR) is 76.6 cm³/mol. The van der Waals surface area contributed by atoms with Gasteiger partial charge in [-0.1, -0.05) is 25.5 Å². The van der Waals surface area contributed by atoms with Crippen molar-refractivity contribution in [1.82, 2.24) is 10.6 Å². The zero-order chi connectivity index (χ0) is 14.3. The molecule has 19 heavy (non-hydrogen) atoms. The fourth-order valence-electron chi connectivity index (χ4n) is 2.34. The summed E-state index contributed by atoms with van der Waals surface area (Å²) in [6.07, 6.45) is 8.10. The predicted octanol–water partition coefficient (Wildman–Crippen LogP) is 2.15. The Hall–Kier alpha value is -1.32. The van der Waals surface area contributed by atoms with Gasteiger partial charge >= 0.3 is 0 Å². The zero-order valence-corrected chi connectivity index (χ0v) is 12.3. The van der Waals surface area contributed by atoms with Crippen LogP contribution in [0.25, 0.3) is 0 Å². The first-order valence-electron chi connectivity index (χ1n) is 7.23. The first kappa shape index (κ1) is 15.7. The molecule has 108 valence electrons. The Bertz CT molecular complexity index is 348. The molecule has 0 saturated heterocycles. The molecular formula is C15H26N2O2. The van der Waals surface area contributed by atoms with Gasteiger partial charge in [-0.3, -0.25) is 9.59 Å². The summed E-state index contributed by atoms with van der Waals surface area (Å²) in [4.78, 5) is 23.1. The van der Waals surface area contributed by atoms with Gasteiger partial charge in [-0.15, -0.1) is 0 Å². The quantitative estimate of drug-likeness (QED) is 0.724. The lowest BCUT2D eigenvalue weighted by atomic mass is 9.97. The topological polar surface area (TPSA) is 58.2 Å². The lowest BCUT2D eigenvalue weighted by Gasteiger charge is -2.21. The van der Waals surface area contributed by atoms with Crippen molar-refractivity contribution in [3.63, 3.8) is 0 Å². The van der Waals surface area contributed by atoms with Gasteiger partial charge in [0.1, 0.15) is 6.04 Å². The summed E-state index contributed by atoms with van der Waals surface area (Å²) in [6, 6.07) is -0.433. The number of carbonyl (C=O) groups is 2. The highest BCUT2D eigenvalue weighted by atomic mass is 16.2. The summed E-state index contributed by atoms with van der Waals surface area (Å²) < 4.78 is 0. The Morgan fingerprint density at radius 2 is 2.05 bits per heavy atom. The summed E-state index contributed by atoms with van der Waals surface area (Å²) in [5.41, 5.74) is 1.45. The first-order valence-corrected chi connectivity index (χ1v) is 7.23. The van der Waals surface area contributed by atoms with Crippen LogP contribution in [0, 0.1) is 5.92 Å². The Kier molecular flexibility index (Phi) is 6.60. The summed E-state index contributed by atoms with van der Waals surface area (Å²) in [5.74, 6) is -0.150. The number of amides is 2. The molecule has 1 rings (SSSR count). The maximum Gasteiger partial charge on any atom is 0.242 e. The summed E-state index contributed by atoms with van der Waals surface area (Å²) in [7, 11) is 0. The van der Waals surface area contributed by atoms with Gasteiger partial charge in [0, 0.05) is 13.5 Å². The molecule has 0 fully saturated rings. The van der Waals surface area contributed by atoms with E-state index in [1.54, 1.807) is 0 Å². The Balaban J connectivity index is 2.35. The first-order chi connectivity index (χ1) is 9.00. The van der Waals surface area contributed by atoms with Crippen LogP contribution in [0.2, 0.25) is 0 Å². The number of hydrogen-bond acceptors (Lipinski definition) is 2. The van der Waals surface area contributed by atoms with E-state index in [0.717, 1.165) is 12.8 Å². The molecule has 0 aromatic rings. The fraction of sp³-hybridized carbons (Fsp3) is 0.733. The van der Waals surface area contributed by atoms with Crippen molar-refractivity contribution in [2.75, 3.05) is 6.54 Å². The average Bonchev–Trinajstić information content (AvgIpc) is 2.36. The minimum Gasteiger partial charge on any atom is -0.354 e. The maximum absolute atomic E-state index is 12.0. The van der Waals surface area contributed by atoms with Gasteiger partial charge in [-0.25, -0.2) is 0 Å². The van der Waals surface area contributed by atoms with Crippen LogP contribution in [0.3, 0.4) is 0 Å². The molecule has 0 aromatic carbocycles. The van der Waals surface area contributed by atoms with Crippen molar-refractivity contribution >= 4 is 11.8 Å². The van der Waals surface area contributed by atoms with Crippen molar-refractivity contribution in [3.05, 3.63) is 11.6 Å². The average molecular weight is 266 g/mol. The molecule has 0 spiro atoms. The van der Waals surface area contributed by atoms with Crippen LogP contribution in [-0.2, 0) is 9.59 Å².